The van der Waals surface area contributed by atoms with E-state index in [1.807, 2.05) is 0 Å². The molecule has 1 aromatic rings. The lowest BCUT2D eigenvalue weighted by molar-refractivity contribution is -0.120. The monoisotopic (exact) mass is 207 g/mol. The highest BCUT2D eigenvalue weighted by Crippen LogP contribution is 2.36. The van der Waals surface area contributed by atoms with Crippen molar-refractivity contribution in [2.45, 2.75) is 25.1 Å². The predicted molar refractivity (Wildman–Crippen MR) is 53.1 cm³/mol. The van der Waals surface area contributed by atoms with Crippen LogP contribution in [-0.2, 0) is 4.79 Å². The Hall–Kier alpha value is -1.58. The van der Waals surface area contributed by atoms with Gasteiger partial charge in [-0.05, 0) is 17.5 Å². The van der Waals surface area contributed by atoms with Crippen molar-refractivity contribution >= 4 is 5.78 Å². The second-order valence-electron chi connectivity index (χ2n) is 3.61. The molecule has 0 heterocycles. The van der Waals surface area contributed by atoms with Crippen LogP contribution in [0.25, 0.3) is 0 Å². The average molecular weight is 207 g/mol. The minimum Gasteiger partial charge on any atom is -0.297 e. The number of halogens is 1. The summed E-state index contributed by atoms with van der Waals surface area (Å²) in [4.78, 5) is 22.1. The molecule has 1 aliphatic carbocycles. The van der Waals surface area contributed by atoms with Crippen molar-refractivity contribution in [2.75, 3.05) is 0 Å². The predicted octanol–water partition coefficient (Wildman–Crippen LogP) is 2.87. The van der Waals surface area contributed by atoms with E-state index in [0.29, 0.717) is 11.1 Å². The molecule has 2 rings (SSSR count). The molecular formula is C11H10FNO2. The molecule has 15 heavy (non-hydrogen) atoms. The molecular weight excluding hydrogens is 197 g/mol. The first-order valence-electron chi connectivity index (χ1n) is 4.82. The summed E-state index contributed by atoms with van der Waals surface area (Å²) in [5, 5.41) is 2.80. The van der Waals surface area contributed by atoms with Gasteiger partial charge in [0.05, 0.1) is 0 Å². The van der Waals surface area contributed by atoms with E-state index in [1.54, 1.807) is 24.3 Å². The number of hydrogen-bond acceptors (Lipinski definition) is 3. The topological polar surface area (TPSA) is 46.5 Å². The van der Waals surface area contributed by atoms with Crippen molar-refractivity contribution in [3.8, 4) is 0 Å². The smallest absolute Gasteiger partial charge is 0.175 e. The van der Waals surface area contributed by atoms with Crippen LogP contribution in [0.3, 0.4) is 0 Å². The Morgan fingerprint density at radius 1 is 1.27 bits per heavy atom. The standard InChI is InChI=1S/C11H10FNO2/c12-9-5-6-10(14)11(13-15)8-4-2-1-3-7(8)9/h1-4,9,11H,5-6H2. The maximum atomic E-state index is 13.6. The van der Waals surface area contributed by atoms with Crippen LogP contribution in [0.2, 0.25) is 0 Å². The van der Waals surface area contributed by atoms with Crippen LogP contribution < -0.4 is 0 Å². The quantitative estimate of drug-likeness (QED) is 0.525. The number of ketones is 1. The summed E-state index contributed by atoms with van der Waals surface area (Å²) >= 11 is 0. The van der Waals surface area contributed by atoms with Gasteiger partial charge in [-0.2, -0.15) is 0 Å². The molecule has 0 fully saturated rings. The minimum atomic E-state index is -1.17. The maximum absolute atomic E-state index is 13.6. The second kappa shape index (κ2) is 3.88. The molecule has 0 aliphatic heterocycles. The first-order valence-corrected chi connectivity index (χ1v) is 4.82. The Kier molecular flexibility index (Phi) is 2.58. The third-order valence-electron chi connectivity index (χ3n) is 2.68. The molecule has 0 saturated carbocycles. The van der Waals surface area contributed by atoms with Gasteiger partial charge in [-0.1, -0.05) is 29.4 Å². The van der Waals surface area contributed by atoms with Crippen LogP contribution in [0.5, 0.6) is 0 Å². The van der Waals surface area contributed by atoms with Gasteiger partial charge in [-0.15, -0.1) is 4.91 Å². The number of alkyl halides is 1. The first kappa shape index (κ1) is 9.96. The molecule has 0 bridgehead atoms. The van der Waals surface area contributed by atoms with E-state index in [0.717, 1.165) is 0 Å². The molecule has 0 aromatic heterocycles. The normalized spacial score (nSPS) is 25.5. The molecule has 78 valence electrons. The van der Waals surface area contributed by atoms with Gasteiger partial charge in [0.1, 0.15) is 6.17 Å². The Labute approximate surface area is 86.3 Å². The molecule has 0 saturated heterocycles. The molecule has 0 N–H and O–H groups in total. The largest absolute Gasteiger partial charge is 0.297 e. The van der Waals surface area contributed by atoms with E-state index in [9.17, 15) is 14.1 Å². The fourth-order valence-electron chi connectivity index (χ4n) is 1.90. The third kappa shape index (κ3) is 1.67. The summed E-state index contributed by atoms with van der Waals surface area (Å²) < 4.78 is 13.6. The van der Waals surface area contributed by atoms with Crippen molar-refractivity contribution in [1.82, 2.24) is 0 Å². The summed E-state index contributed by atoms with van der Waals surface area (Å²) in [7, 11) is 0. The van der Waals surface area contributed by atoms with Crippen LogP contribution in [0.4, 0.5) is 4.39 Å². The highest BCUT2D eigenvalue weighted by molar-refractivity contribution is 5.86. The molecule has 3 nitrogen and oxygen atoms in total. The Morgan fingerprint density at radius 2 is 1.93 bits per heavy atom. The number of rotatable bonds is 1. The van der Waals surface area contributed by atoms with Crippen molar-refractivity contribution < 1.29 is 9.18 Å². The van der Waals surface area contributed by atoms with E-state index < -0.39 is 12.2 Å². The van der Waals surface area contributed by atoms with Crippen LogP contribution in [0, 0.1) is 4.91 Å². The zero-order valence-corrected chi connectivity index (χ0v) is 8.02. The van der Waals surface area contributed by atoms with E-state index in [2.05, 4.69) is 5.18 Å². The first-order chi connectivity index (χ1) is 7.24. The summed E-state index contributed by atoms with van der Waals surface area (Å²) in [6, 6.07) is 5.56. The van der Waals surface area contributed by atoms with Gasteiger partial charge >= 0.3 is 0 Å². The summed E-state index contributed by atoms with van der Waals surface area (Å²) in [6.45, 7) is 0. The highest BCUT2D eigenvalue weighted by atomic mass is 19.1. The SMILES string of the molecule is O=NC1C(=O)CCC(F)c2ccccc21. The zero-order chi connectivity index (χ0) is 10.8. The Bertz CT molecular complexity index is 405. The van der Waals surface area contributed by atoms with Gasteiger partial charge < -0.3 is 0 Å². The van der Waals surface area contributed by atoms with Crippen molar-refractivity contribution in [3.63, 3.8) is 0 Å². The van der Waals surface area contributed by atoms with Gasteiger partial charge in [0.2, 0.25) is 0 Å². The lowest BCUT2D eigenvalue weighted by atomic mass is 9.99. The number of fused-ring (bicyclic) bond motifs is 1. The molecule has 0 spiro atoms. The van der Waals surface area contributed by atoms with Gasteiger partial charge in [-0.3, -0.25) is 4.79 Å². The van der Waals surface area contributed by atoms with E-state index >= 15 is 0 Å². The van der Waals surface area contributed by atoms with Gasteiger partial charge in [0.15, 0.2) is 11.8 Å². The second-order valence-corrected chi connectivity index (χ2v) is 3.61. The summed E-state index contributed by atoms with van der Waals surface area (Å²) in [6.07, 6.45) is -0.953. The lowest BCUT2D eigenvalue weighted by Gasteiger charge is -2.10. The van der Waals surface area contributed by atoms with Crippen molar-refractivity contribution in [2.24, 2.45) is 5.18 Å². The maximum Gasteiger partial charge on any atom is 0.175 e. The van der Waals surface area contributed by atoms with Crippen LogP contribution in [-0.4, -0.2) is 5.78 Å². The van der Waals surface area contributed by atoms with Crippen molar-refractivity contribution in [3.05, 3.63) is 40.3 Å². The number of hydrogen-bond donors (Lipinski definition) is 0. The number of carbonyl (C=O) groups excluding carboxylic acids is 1. The molecule has 1 aliphatic rings. The molecule has 2 unspecified atom stereocenters. The minimum absolute atomic E-state index is 0.0756. The zero-order valence-electron chi connectivity index (χ0n) is 8.02. The Balaban J connectivity index is 2.55. The van der Waals surface area contributed by atoms with Crippen LogP contribution in [0.1, 0.15) is 36.2 Å². The fraction of sp³-hybridized carbons (Fsp3) is 0.364. The third-order valence-corrected chi connectivity index (χ3v) is 2.68. The van der Waals surface area contributed by atoms with E-state index in [4.69, 9.17) is 0 Å². The van der Waals surface area contributed by atoms with E-state index in [1.165, 1.54) is 0 Å². The van der Waals surface area contributed by atoms with Crippen LogP contribution >= 0.6 is 0 Å². The molecule has 2 atom stereocenters. The molecule has 4 heteroatoms. The van der Waals surface area contributed by atoms with Gasteiger partial charge in [0, 0.05) is 6.42 Å². The molecule has 1 aromatic carbocycles. The van der Waals surface area contributed by atoms with Crippen LogP contribution in [0.15, 0.2) is 29.4 Å². The number of nitrogens with zero attached hydrogens (tertiary/aromatic N) is 1. The average Bonchev–Trinajstić information content (AvgIpc) is 2.38. The number of nitroso groups, excluding NO2 is 1. The molecule has 0 amide bonds. The highest BCUT2D eigenvalue weighted by Gasteiger charge is 2.30. The number of benzene rings is 1. The number of carbonyl (C=O) groups is 1. The lowest BCUT2D eigenvalue weighted by Crippen LogP contribution is -2.08. The number of Topliss-reactive ketones (excluding diaryl/α,β-unsaturated/α-hetero) is 1. The molecule has 0 radical (unpaired) electrons. The summed E-state index contributed by atoms with van der Waals surface area (Å²) in [5.41, 5.74) is 0.843. The van der Waals surface area contributed by atoms with Crippen molar-refractivity contribution in [1.29, 1.82) is 0 Å². The Morgan fingerprint density at radius 3 is 2.60 bits per heavy atom. The van der Waals surface area contributed by atoms with Gasteiger partial charge in [-0.25, -0.2) is 4.39 Å². The fourth-order valence-corrected chi connectivity index (χ4v) is 1.90. The van der Waals surface area contributed by atoms with E-state index in [-0.39, 0.29) is 18.6 Å². The summed E-state index contributed by atoms with van der Waals surface area (Å²) in [5.74, 6) is -0.294. The van der Waals surface area contributed by atoms with Gasteiger partial charge in [0.25, 0.3) is 0 Å².